The summed E-state index contributed by atoms with van der Waals surface area (Å²) in [5.41, 5.74) is 3.89. The minimum Gasteiger partial charge on any atom is -0.365 e. The van der Waals surface area contributed by atoms with E-state index < -0.39 is 0 Å². The molecule has 1 heterocycles. The Morgan fingerprint density at radius 1 is 1.38 bits per heavy atom. The van der Waals surface area contributed by atoms with Crippen LogP contribution >= 0.6 is 11.3 Å². The minimum atomic E-state index is -0.324. The Labute approximate surface area is 98.4 Å². The third-order valence-corrected chi connectivity index (χ3v) is 3.07. The average molecular weight is 229 g/mol. The van der Waals surface area contributed by atoms with Gasteiger partial charge in [-0.25, -0.2) is 0 Å². The molecule has 3 nitrogen and oxygen atoms in total. The highest BCUT2D eigenvalue weighted by Gasteiger charge is 2.11. The van der Waals surface area contributed by atoms with Crippen LogP contribution in [0.2, 0.25) is 0 Å². The topological polar surface area (TPSA) is 48.7 Å². The number of hydrogen-bond acceptors (Lipinski definition) is 4. The highest BCUT2D eigenvalue weighted by Crippen LogP contribution is 2.21. The van der Waals surface area contributed by atoms with Crippen molar-refractivity contribution in [1.82, 2.24) is 4.98 Å². The number of anilines is 1. The van der Waals surface area contributed by atoms with Crippen LogP contribution in [0.15, 0.2) is 36.0 Å². The van der Waals surface area contributed by atoms with E-state index in [4.69, 9.17) is 5.26 Å². The number of rotatable bonds is 3. The van der Waals surface area contributed by atoms with E-state index in [2.05, 4.69) is 16.4 Å². The number of benzene rings is 1. The van der Waals surface area contributed by atoms with Gasteiger partial charge < -0.3 is 5.32 Å². The molecule has 16 heavy (non-hydrogen) atoms. The third kappa shape index (κ3) is 2.38. The van der Waals surface area contributed by atoms with E-state index in [1.165, 1.54) is 16.9 Å². The highest BCUT2D eigenvalue weighted by molar-refractivity contribution is 7.09. The van der Waals surface area contributed by atoms with Gasteiger partial charge in [-0.05, 0) is 19.1 Å². The molecule has 1 aromatic carbocycles. The van der Waals surface area contributed by atoms with Crippen molar-refractivity contribution >= 4 is 17.0 Å². The first-order valence-corrected chi connectivity index (χ1v) is 5.79. The van der Waals surface area contributed by atoms with E-state index in [0.717, 1.165) is 10.6 Å². The van der Waals surface area contributed by atoms with Gasteiger partial charge in [-0.1, -0.05) is 17.7 Å². The van der Waals surface area contributed by atoms with Gasteiger partial charge >= 0.3 is 0 Å². The van der Waals surface area contributed by atoms with Crippen molar-refractivity contribution < 1.29 is 0 Å². The predicted octanol–water partition coefficient (Wildman–Crippen LogP) is 3.13. The van der Waals surface area contributed by atoms with Crippen molar-refractivity contribution in [3.8, 4) is 6.07 Å². The number of thiazole rings is 1. The first kappa shape index (κ1) is 10.7. The second-order valence-electron chi connectivity index (χ2n) is 3.48. The zero-order valence-corrected chi connectivity index (χ0v) is 9.66. The lowest BCUT2D eigenvalue weighted by Gasteiger charge is -2.10. The molecule has 4 heteroatoms. The standard InChI is InChI=1S/C12H11N3S/c1-9-2-4-10(5-3-9)15-11(6-13)12-7-14-8-16-12/h2-5,7-8,11,15H,1H3. The molecule has 0 amide bonds. The molecule has 0 radical (unpaired) electrons. The second kappa shape index (κ2) is 4.77. The van der Waals surface area contributed by atoms with Gasteiger partial charge in [0, 0.05) is 11.9 Å². The number of nitrogens with zero attached hydrogens (tertiary/aromatic N) is 2. The highest BCUT2D eigenvalue weighted by atomic mass is 32.1. The van der Waals surface area contributed by atoms with Crippen molar-refractivity contribution in [2.24, 2.45) is 0 Å². The van der Waals surface area contributed by atoms with Crippen LogP contribution in [0.1, 0.15) is 16.5 Å². The van der Waals surface area contributed by atoms with Crippen LogP contribution < -0.4 is 5.32 Å². The Bertz CT molecular complexity index is 482. The lowest BCUT2D eigenvalue weighted by atomic mass is 10.2. The molecular weight excluding hydrogens is 218 g/mol. The molecule has 0 saturated heterocycles. The third-order valence-electron chi connectivity index (χ3n) is 2.23. The smallest absolute Gasteiger partial charge is 0.151 e. The summed E-state index contributed by atoms with van der Waals surface area (Å²) in [6.45, 7) is 2.04. The Hall–Kier alpha value is -1.86. The van der Waals surface area contributed by atoms with Crippen molar-refractivity contribution in [1.29, 1.82) is 5.26 Å². The largest absolute Gasteiger partial charge is 0.365 e. The molecule has 1 N–H and O–H groups in total. The van der Waals surface area contributed by atoms with Crippen LogP contribution in [0.3, 0.4) is 0 Å². The molecular formula is C12H11N3S. The predicted molar refractivity (Wildman–Crippen MR) is 65.3 cm³/mol. The molecule has 1 atom stereocenters. The zero-order valence-electron chi connectivity index (χ0n) is 8.84. The fourth-order valence-electron chi connectivity index (χ4n) is 1.35. The summed E-state index contributed by atoms with van der Waals surface area (Å²) >= 11 is 1.48. The van der Waals surface area contributed by atoms with E-state index in [1.54, 1.807) is 11.7 Å². The molecule has 0 aliphatic rings. The van der Waals surface area contributed by atoms with Gasteiger partial charge in [-0.3, -0.25) is 4.98 Å². The Balaban J connectivity index is 2.14. The van der Waals surface area contributed by atoms with E-state index in [-0.39, 0.29) is 6.04 Å². The van der Waals surface area contributed by atoms with E-state index in [1.807, 2.05) is 31.2 Å². The maximum Gasteiger partial charge on any atom is 0.151 e. The molecule has 1 unspecified atom stereocenters. The van der Waals surface area contributed by atoms with E-state index in [0.29, 0.717) is 0 Å². The molecule has 1 aromatic heterocycles. The van der Waals surface area contributed by atoms with Crippen molar-refractivity contribution in [3.05, 3.63) is 46.4 Å². The van der Waals surface area contributed by atoms with Gasteiger partial charge in [0.2, 0.25) is 0 Å². The number of nitriles is 1. The number of nitrogens with one attached hydrogen (secondary N) is 1. The van der Waals surface area contributed by atoms with Crippen LogP contribution in [0, 0.1) is 18.3 Å². The lowest BCUT2D eigenvalue weighted by molar-refractivity contribution is 1.02. The first-order valence-electron chi connectivity index (χ1n) is 4.91. The van der Waals surface area contributed by atoms with Crippen molar-refractivity contribution in [2.75, 3.05) is 5.32 Å². The maximum absolute atomic E-state index is 9.08. The molecule has 0 fully saturated rings. The number of hydrogen-bond donors (Lipinski definition) is 1. The van der Waals surface area contributed by atoms with Gasteiger partial charge in [-0.2, -0.15) is 5.26 Å². The average Bonchev–Trinajstić information content (AvgIpc) is 2.82. The molecule has 0 spiro atoms. The van der Waals surface area contributed by atoms with Crippen molar-refractivity contribution in [2.45, 2.75) is 13.0 Å². The number of aryl methyl sites for hydroxylation is 1. The molecule has 80 valence electrons. The fraction of sp³-hybridized carbons (Fsp3) is 0.167. The molecule has 0 aliphatic carbocycles. The summed E-state index contributed by atoms with van der Waals surface area (Å²) in [6, 6.07) is 9.88. The normalized spacial score (nSPS) is 11.8. The van der Waals surface area contributed by atoms with E-state index in [9.17, 15) is 0 Å². The Kier molecular flexibility index (Phi) is 3.18. The molecule has 2 rings (SSSR count). The van der Waals surface area contributed by atoms with Gasteiger partial charge in [0.15, 0.2) is 6.04 Å². The van der Waals surface area contributed by atoms with E-state index >= 15 is 0 Å². The van der Waals surface area contributed by atoms with Gasteiger partial charge in [0.25, 0.3) is 0 Å². The van der Waals surface area contributed by atoms with Gasteiger partial charge in [-0.15, -0.1) is 11.3 Å². The Morgan fingerprint density at radius 2 is 2.12 bits per heavy atom. The monoisotopic (exact) mass is 229 g/mol. The molecule has 2 aromatic rings. The minimum absolute atomic E-state index is 0.324. The summed E-state index contributed by atoms with van der Waals surface area (Å²) in [6.07, 6.45) is 1.72. The SMILES string of the molecule is Cc1ccc(NC(C#N)c2cncs2)cc1. The summed E-state index contributed by atoms with van der Waals surface area (Å²) in [7, 11) is 0. The van der Waals surface area contributed by atoms with Crippen LogP contribution in [0.5, 0.6) is 0 Å². The van der Waals surface area contributed by atoms with Crippen LogP contribution in [-0.2, 0) is 0 Å². The summed E-state index contributed by atoms with van der Waals surface area (Å²) in [5, 5.41) is 12.2. The maximum atomic E-state index is 9.08. The summed E-state index contributed by atoms with van der Waals surface area (Å²) in [4.78, 5) is 4.91. The molecule has 0 bridgehead atoms. The summed E-state index contributed by atoms with van der Waals surface area (Å²) in [5.74, 6) is 0. The number of aromatic nitrogens is 1. The van der Waals surface area contributed by atoms with Crippen LogP contribution in [0.4, 0.5) is 5.69 Å². The van der Waals surface area contributed by atoms with Crippen molar-refractivity contribution in [3.63, 3.8) is 0 Å². The summed E-state index contributed by atoms with van der Waals surface area (Å²) < 4.78 is 0. The quantitative estimate of drug-likeness (QED) is 0.879. The van der Waals surface area contributed by atoms with Gasteiger partial charge in [0.05, 0.1) is 16.5 Å². The molecule has 0 aliphatic heterocycles. The molecule has 0 saturated carbocycles. The second-order valence-corrected chi connectivity index (χ2v) is 4.39. The fourth-order valence-corrected chi connectivity index (χ4v) is 1.96. The van der Waals surface area contributed by atoms with Crippen LogP contribution in [-0.4, -0.2) is 4.98 Å². The zero-order chi connectivity index (χ0) is 11.4. The first-order chi connectivity index (χ1) is 7.79. The lowest BCUT2D eigenvalue weighted by Crippen LogP contribution is -2.06. The van der Waals surface area contributed by atoms with Crippen LogP contribution in [0.25, 0.3) is 0 Å². The van der Waals surface area contributed by atoms with Gasteiger partial charge in [0.1, 0.15) is 0 Å². The Morgan fingerprint density at radius 3 is 2.69 bits per heavy atom.